The molecule has 0 radical (unpaired) electrons. The fraction of sp³-hybridized carbons (Fsp3) is 0.536. The number of carbonyl (C=O) groups excluding carboxylic acids is 2. The number of carbonyl (C=O) groups is 3. The number of hydrogen-bond acceptors (Lipinski definition) is 6. The number of furan rings is 1. The number of hydrogen-bond donors (Lipinski definition) is 2. The van der Waals surface area contributed by atoms with Crippen molar-refractivity contribution >= 4 is 17.8 Å². The van der Waals surface area contributed by atoms with E-state index in [0.29, 0.717) is 23.2 Å². The third-order valence-electron chi connectivity index (χ3n) is 5.47. The van der Waals surface area contributed by atoms with Crippen LogP contribution in [0.3, 0.4) is 0 Å². The number of rotatable bonds is 15. The highest BCUT2D eigenvalue weighted by Crippen LogP contribution is 2.17. The van der Waals surface area contributed by atoms with Gasteiger partial charge < -0.3 is 34.0 Å². The summed E-state index contributed by atoms with van der Waals surface area (Å²) in [4.78, 5) is 32.6. The van der Waals surface area contributed by atoms with Crippen molar-refractivity contribution in [2.45, 2.75) is 64.1 Å². The van der Waals surface area contributed by atoms with Gasteiger partial charge in [0.15, 0.2) is 5.76 Å². The number of carboxylic acid groups (broad SMARTS) is 2. The molecule has 0 unspecified atom stereocenters. The number of aliphatic carboxylic acids is 2. The van der Waals surface area contributed by atoms with E-state index in [1.54, 1.807) is 12.1 Å². The van der Waals surface area contributed by atoms with Crippen molar-refractivity contribution in [3.05, 3.63) is 53.5 Å². The average Bonchev–Trinajstić information content (AvgIpc) is 3.30. The highest BCUT2D eigenvalue weighted by Gasteiger charge is 2.29. The minimum absolute atomic E-state index is 0.133. The van der Waals surface area contributed by atoms with E-state index in [0.717, 1.165) is 30.8 Å². The second kappa shape index (κ2) is 16.5. The standard InChI is InChI=1S/C26H38N2O5.C2HF3O2/c1-5-6-7-8-16-32-23-11-9-10-20(17-23)12-13-22-14-15-24(33-22)26(31)27-21(18-25(29)30)19-28(2,3)4;3-2(4,5)1(6)7/h9-11,14-15,17,21H,5-8,12-13,16,18-19H2,1-4H3,(H-,27,29,30,31);(H,6,7)/t21-;/m1./s1. The molecule has 40 heavy (non-hydrogen) atoms. The van der Waals surface area contributed by atoms with Crippen LogP contribution >= 0.6 is 0 Å². The highest BCUT2D eigenvalue weighted by atomic mass is 19.4. The largest absolute Gasteiger partial charge is 0.542 e. The van der Waals surface area contributed by atoms with Gasteiger partial charge >= 0.3 is 12.1 Å². The number of nitrogens with zero attached hydrogens (tertiary/aromatic N) is 1. The molecule has 224 valence electrons. The summed E-state index contributed by atoms with van der Waals surface area (Å²) in [5, 5.41) is 20.7. The summed E-state index contributed by atoms with van der Waals surface area (Å²) in [6, 6.07) is 11.0. The molecule has 2 aromatic rings. The van der Waals surface area contributed by atoms with Crippen LogP contribution in [0.4, 0.5) is 13.2 Å². The minimum Gasteiger partial charge on any atom is -0.542 e. The lowest BCUT2D eigenvalue weighted by Crippen LogP contribution is -2.49. The number of aryl methyl sites for hydroxylation is 2. The fourth-order valence-corrected chi connectivity index (χ4v) is 3.70. The Kier molecular flexibility index (Phi) is 14.3. The number of carboxylic acids is 2. The van der Waals surface area contributed by atoms with Gasteiger partial charge in [-0.1, -0.05) is 38.3 Å². The summed E-state index contributed by atoms with van der Waals surface area (Å²) in [5.41, 5.74) is 1.15. The zero-order valence-electron chi connectivity index (χ0n) is 23.4. The Labute approximate surface area is 232 Å². The van der Waals surface area contributed by atoms with Gasteiger partial charge in [-0.2, -0.15) is 13.2 Å². The second-order valence-electron chi connectivity index (χ2n) is 10.3. The molecular weight excluding hydrogens is 533 g/mol. The summed E-state index contributed by atoms with van der Waals surface area (Å²) in [7, 11) is 5.87. The normalized spacial score (nSPS) is 12.2. The van der Waals surface area contributed by atoms with Gasteiger partial charge in [0.25, 0.3) is 5.91 Å². The first-order valence-corrected chi connectivity index (χ1v) is 13.0. The van der Waals surface area contributed by atoms with Gasteiger partial charge in [-0.3, -0.25) is 9.59 Å². The van der Waals surface area contributed by atoms with E-state index in [2.05, 4.69) is 24.4 Å². The van der Waals surface area contributed by atoms with Gasteiger partial charge in [0, 0.05) is 6.42 Å². The van der Waals surface area contributed by atoms with E-state index in [1.165, 1.54) is 19.3 Å². The molecule has 0 spiro atoms. The second-order valence-corrected chi connectivity index (χ2v) is 10.3. The Morgan fingerprint density at radius 2 is 1.75 bits per heavy atom. The van der Waals surface area contributed by atoms with Crippen LogP contribution in [0.1, 0.15) is 60.9 Å². The van der Waals surface area contributed by atoms with Crippen LogP contribution in [0, 0.1) is 0 Å². The molecule has 2 N–H and O–H groups in total. The minimum atomic E-state index is -5.19. The molecule has 1 aromatic carbocycles. The van der Waals surface area contributed by atoms with Crippen LogP contribution in [0.15, 0.2) is 40.8 Å². The predicted octanol–water partition coefficient (Wildman–Crippen LogP) is 3.60. The molecule has 0 saturated carbocycles. The van der Waals surface area contributed by atoms with Gasteiger partial charge in [-0.15, -0.1) is 0 Å². The summed E-state index contributed by atoms with van der Waals surface area (Å²) < 4.78 is 43.7. The number of amides is 1. The maximum atomic E-state index is 12.6. The summed E-state index contributed by atoms with van der Waals surface area (Å²) in [6.45, 7) is 3.43. The molecule has 9 nitrogen and oxygen atoms in total. The Morgan fingerprint density at radius 3 is 2.33 bits per heavy atom. The first-order valence-electron chi connectivity index (χ1n) is 13.0. The molecule has 0 saturated heterocycles. The fourth-order valence-electron chi connectivity index (χ4n) is 3.70. The van der Waals surface area contributed by atoms with Crippen LogP contribution in [0.5, 0.6) is 5.75 Å². The SMILES string of the molecule is CCCCCCOc1cccc(CCc2ccc(C(=O)N[C@H](CC(=O)O)C[N+](C)(C)C)o2)c1.O=C([O-])C(F)(F)F. The van der Waals surface area contributed by atoms with Gasteiger partial charge in [-0.25, -0.2) is 0 Å². The van der Waals surface area contributed by atoms with E-state index < -0.39 is 24.2 Å². The van der Waals surface area contributed by atoms with E-state index in [9.17, 15) is 22.8 Å². The van der Waals surface area contributed by atoms with Crippen molar-refractivity contribution in [3.63, 3.8) is 0 Å². The third kappa shape index (κ3) is 15.2. The summed E-state index contributed by atoms with van der Waals surface area (Å²) in [5.74, 6) is -2.54. The third-order valence-corrected chi connectivity index (χ3v) is 5.47. The zero-order valence-corrected chi connectivity index (χ0v) is 23.4. The Balaban J connectivity index is 0.00000101. The monoisotopic (exact) mass is 572 g/mol. The maximum Gasteiger partial charge on any atom is 0.430 e. The number of unbranched alkanes of at least 4 members (excludes halogenated alkanes) is 3. The molecule has 12 heteroatoms. The molecular formula is C28H39F3N2O7. The van der Waals surface area contributed by atoms with Gasteiger partial charge in [-0.05, 0) is 42.7 Å². The molecule has 0 fully saturated rings. The number of benzene rings is 1. The zero-order chi connectivity index (χ0) is 30.3. The molecule has 0 aliphatic carbocycles. The van der Waals surface area contributed by atoms with Crippen molar-refractivity contribution in [1.29, 1.82) is 0 Å². The quantitative estimate of drug-likeness (QED) is 0.247. The van der Waals surface area contributed by atoms with Crippen molar-refractivity contribution < 1.29 is 51.4 Å². The molecule has 0 bridgehead atoms. The highest BCUT2D eigenvalue weighted by molar-refractivity contribution is 5.92. The smallest absolute Gasteiger partial charge is 0.430 e. The molecule has 1 amide bonds. The van der Waals surface area contributed by atoms with Crippen LogP contribution in [-0.2, 0) is 22.4 Å². The Hall–Kier alpha value is -3.54. The Morgan fingerprint density at radius 1 is 1.07 bits per heavy atom. The molecule has 0 aliphatic heterocycles. The van der Waals surface area contributed by atoms with Gasteiger partial charge in [0.05, 0.1) is 46.8 Å². The van der Waals surface area contributed by atoms with E-state index in [1.807, 2.05) is 33.3 Å². The summed E-state index contributed by atoms with van der Waals surface area (Å²) in [6.07, 6.45) is 0.809. The number of halogens is 3. The molecule has 2 rings (SSSR count). The molecule has 0 aliphatic rings. The average molecular weight is 573 g/mol. The first-order chi connectivity index (χ1) is 18.6. The molecule has 1 aromatic heterocycles. The predicted molar refractivity (Wildman–Crippen MR) is 140 cm³/mol. The molecule has 1 heterocycles. The molecule has 1 atom stereocenters. The maximum absolute atomic E-state index is 12.6. The van der Waals surface area contributed by atoms with Crippen LogP contribution in [0.25, 0.3) is 0 Å². The lowest BCUT2D eigenvalue weighted by atomic mass is 10.1. The number of alkyl halides is 3. The van der Waals surface area contributed by atoms with Gasteiger partial charge in [0.2, 0.25) is 0 Å². The van der Waals surface area contributed by atoms with E-state index in [4.69, 9.17) is 24.2 Å². The van der Waals surface area contributed by atoms with Crippen molar-refractivity contribution in [2.75, 3.05) is 34.3 Å². The van der Waals surface area contributed by atoms with E-state index >= 15 is 0 Å². The van der Waals surface area contributed by atoms with Crippen LogP contribution in [-0.4, -0.2) is 73.9 Å². The van der Waals surface area contributed by atoms with Crippen molar-refractivity contribution in [3.8, 4) is 5.75 Å². The lowest BCUT2D eigenvalue weighted by molar-refractivity contribution is -0.871. The number of ether oxygens (including phenoxy) is 1. The Bertz CT molecular complexity index is 1080. The number of nitrogens with one attached hydrogen (secondary N) is 1. The summed E-state index contributed by atoms with van der Waals surface area (Å²) >= 11 is 0. The topological polar surface area (TPSA) is 129 Å². The first kappa shape index (κ1) is 34.5. The van der Waals surface area contributed by atoms with Gasteiger partial charge in [0.1, 0.15) is 17.5 Å². The van der Waals surface area contributed by atoms with Crippen LogP contribution in [0.2, 0.25) is 0 Å². The van der Waals surface area contributed by atoms with Crippen molar-refractivity contribution in [2.24, 2.45) is 0 Å². The van der Waals surface area contributed by atoms with Crippen molar-refractivity contribution in [1.82, 2.24) is 5.32 Å². The number of likely N-dealkylation sites (N-methyl/N-ethyl adjacent to an activating group) is 1. The van der Waals surface area contributed by atoms with E-state index in [-0.39, 0.29) is 18.1 Å². The lowest BCUT2D eigenvalue weighted by Gasteiger charge is -2.28. The number of quaternary nitrogens is 1. The van der Waals surface area contributed by atoms with Crippen LogP contribution < -0.4 is 15.2 Å².